The van der Waals surface area contributed by atoms with Crippen LogP contribution in [-0.2, 0) is 4.74 Å². The molecular formula is C19H31NO. The van der Waals surface area contributed by atoms with Gasteiger partial charge in [0.25, 0.3) is 0 Å². The van der Waals surface area contributed by atoms with Crippen molar-refractivity contribution in [1.82, 2.24) is 5.32 Å². The van der Waals surface area contributed by atoms with Crippen molar-refractivity contribution >= 4 is 0 Å². The Kier molecular flexibility index (Phi) is 7.25. The van der Waals surface area contributed by atoms with Crippen LogP contribution in [0.2, 0.25) is 0 Å². The summed E-state index contributed by atoms with van der Waals surface area (Å²) in [4.78, 5) is 0. The zero-order valence-corrected chi connectivity index (χ0v) is 13.7. The Labute approximate surface area is 130 Å². The molecular weight excluding hydrogens is 258 g/mol. The quantitative estimate of drug-likeness (QED) is 0.757. The smallest absolute Gasteiger partial charge is 0.0949 e. The van der Waals surface area contributed by atoms with Crippen LogP contribution in [0.25, 0.3) is 0 Å². The third-order valence-electron chi connectivity index (χ3n) is 4.31. The molecule has 2 nitrogen and oxygen atoms in total. The number of benzene rings is 1. The van der Waals surface area contributed by atoms with E-state index in [2.05, 4.69) is 49.5 Å². The average molecular weight is 289 g/mol. The Bertz CT molecular complexity index is 370. The van der Waals surface area contributed by atoms with E-state index in [9.17, 15) is 0 Å². The van der Waals surface area contributed by atoms with Gasteiger partial charge in [0.05, 0.1) is 12.7 Å². The summed E-state index contributed by atoms with van der Waals surface area (Å²) in [6.07, 6.45) is 7.06. The highest BCUT2D eigenvalue weighted by molar-refractivity contribution is 5.17. The number of nitrogens with one attached hydrogen (secondary N) is 1. The van der Waals surface area contributed by atoms with Crippen molar-refractivity contribution in [3.8, 4) is 0 Å². The molecule has 0 amide bonds. The molecule has 0 aliphatic heterocycles. The lowest BCUT2D eigenvalue weighted by molar-refractivity contribution is 0.0197. The van der Waals surface area contributed by atoms with Crippen LogP contribution in [0.5, 0.6) is 0 Å². The molecule has 1 aliphatic rings. The molecule has 1 atom stereocenters. The minimum absolute atomic E-state index is 0.187. The standard InChI is InChI=1S/C19H31NO/c1-16(2)13-20-14-19(18-11-7-4-8-12-18)21-15-17-9-5-3-6-10-17/h4,7-8,11-12,16-17,19-20H,3,5-6,9-10,13-15H2,1-2H3. The van der Waals surface area contributed by atoms with E-state index in [-0.39, 0.29) is 6.10 Å². The summed E-state index contributed by atoms with van der Waals surface area (Å²) >= 11 is 0. The zero-order valence-electron chi connectivity index (χ0n) is 13.7. The van der Waals surface area contributed by atoms with Crippen molar-refractivity contribution in [3.05, 3.63) is 35.9 Å². The highest BCUT2D eigenvalue weighted by Crippen LogP contribution is 2.26. The predicted octanol–water partition coefficient (Wildman–Crippen LogP) is 4.57. The molecule has 1 saturated carbocycles. The van der Waals surface area contributed by atoms with Crippen LogP contribution in [0.3, 0.4) is 0 Å². The van der Waals surface area contributed by atoms with Crippen LogP contribution in [0.1, 0.15) is 57.6 Å². The van der Waals surface area contributed by atoms with Crippen LogP contribution in [0, 0.1) is 11.8 Å². The molecule has 0 radical (unpaired) electrons. The van der Waals surface area contributed by atoms with E-state index in [0.29, 0.717) is 5.92 Å². The Morgan fingerprint density at radius 2 is 1.76 bits per heavy atom. The third kappa shape index (κ3) is 6.19. The number of rotatable bonds is 8. The molecule has 0 heterocycles. The monoisotopic (exact) mass is 289 g/mol. The molecule has 1 aromatic rings. The number of ether oxygens (including phenoxy) is 1. The van der Waals surface area contributed by atoms with Crippen LogP contribution >= 0.6 is 0 Å². The van der Waals surface area contributed by atoms with Crippen LogP contribution < -0.4 is 5.32 Å². The fourth-order valence-electron chi connectivity index (χ4n) is 3.05. The zero-order chi connectivity index (χ0) is 14.9. The minimum Gasteiger partial charge on any atom is -0.372 e. The molecule has 1 aromatic carbocycles. The van der Waals surface area contributed by atoms with E-state index in [4.69, 9.17) is 4.74 Å². The summed E-state index contributed by atoms with van der Waals surface area (Å²) in [5.41, 5.74) is 1.30. The lowest BCUT2D eigenvalue weighted by atomic mass is 9.90. The van der Waals surface area contributed by atoms with E-state index in [1.165, 1.54) is 37.7 Å². The maximum atomic E-state index is 6.29. The summed E-state index contributed by atoms with van der Waals surface area (Å²) in [5, 5.41) is 3.55. The van der Waals surface area contributed by atoms with Gasteiger partial charge in [-0.25, -0.2) is 0 Å². The second kappa shape index (κ2) is 9.22. The summed E-state index contributed by atoms with van der Waals surface area (Å²) in [7, 11) is 0. The maximum Gasteiger partial charge on any atom is 0.0949 e. The van der Waals surface area contributed by atoms with Crippen molar-refractivity contribution in [1.29, 1.82) is 0 Å². The summed E-state index contributed by atoms with van der Waals surface area (Å²) in [6.45, 7) is 7.37. The molecule has 0 spiro atoms. The first-order valence-electron chi connectivity index (χ1n) is 8.63. The van der Waals surface area contributed by atoms with Gasteiger partial charge in [0.2, 0.25) is 0 Å². The molecule has 21 heavy (non-hydrogen) atoms. The van der Waals surface area contributed by atoms with E-state index < -0.39 is 0 Å². The van der Waals surface area contributed by atoms with Gasteiger partial charge >= 0.3 is 0 Å². The highest BCUT2D eigenvalue weighted by Gasteiger charge is 2.17. The second-order valence-corrected chi connectivity index (χ2v) is 6.79. The fourth-order valence-corrected chi connectivity index (χ4v) is 3.05. The first kappa shape index (κ1) is 16.5. The molecule has 0 bridgehead atoms. The largest absolute Gasteiger partial charge is 0.372 e. The van der Waals surface area contributed by atoms with Gasteiger partial charge in [0.15, 0.2) is 0 Å². The van der Waals surface area contributed by atoms with Crippen molar-refractivity contribution in [2.45, 2.75) is 52.1 Å². The van der Waals surface area contributed by atoms with Gasteiger partial charge < -0.3 is 10.1 Å². The normalized spacial score (nSPS) is 18.0. The average Bonchev–Trinajstić information content (AvgIpc) is 2.52. The van der Waals surface area contributed by atoms with Crippen molar-refractivity contribution in [2.24, 2.45) is 11.8 Å². The molecule has 118 valence electrons. The highest BCUT2D eigenvalue weighted by atomic mass is 16.5. The van der Waals surface area contributed by atoms with Crippen molar-refractivity contribution < 1.29 is 4.74 Å². The molecule has 0 aromatic heterocycles. The van der Waals surface area contributed by atoms with Gasteiger partial charge in [0, 0.05) is 6.54 Å². The Morgan fingerprint density at radius 3 is 2.43 bits per heavy atom. The van der Waals surface area contributed by atoms with E-state index >= 15 is 0 Å². The summed E-state index contributed by atoms with van der Waals surface area (Å²) in [5.74, 6) is 1.45. The molecule has 1 unspecified atom stereocenters. The van der Waals surface area contributed by atoms with E-state index in [1.807, 2.05) is 0 Å². The third-order valence-corrected chi connectivity index (χ3v) is 4.31. The summed E-state index contributed by atoms with van der Waals surface area (Å²) < 4.78 is 6.29. The Hall–Kier alpha value is -0.860. The molecule has 1 fully saturated rings. The lowest BCUT2D eigenvalue weighted by Crippen LogP contribution is -2.28. The molecule has 0 saturated heterocycles. The van der Waals surface area contributed by atoms with Gasteiger partial charge in [-0.2, -0.15) is 0 Å². The first-order chi connectivity index (χ1) is 10.3. The topological polar surface area (TPSA) is 21.3 Å². The van der Waals surface area contributed by atoms with Gasteiger partial charge in [0.1, 0.15) is 0 Å². The second-order valence-electron chi connectivity index (χ2n) is 6.79. The van der Waals surface area contributed by atoms with Crippen LogP contribution in [-0.4, -0.2) is 19.7 Å². The van der Waals surface area contributed by atoms with Crippen molar-refractivity contribution in [2.75, 3.05) is 19.7 Å². The van der Waals surface area contributed by atoms with Gasteiger partial charge in [-0.3, -0.25) is 0 Å². The SMILES string of the molecule is CC(C)CNCC(OCC1CCCCC1)c1ccccc1. The van der Waals surface area contributed by atoms with Crippen molar-refractivity contribution in [3.63, 3.8) is 0 Å². The predicted molar refractivity (Wildman–Crippen MR) is 89.4 cm³/mol. The van der Waals surface area contributed by atoms with Crippen LogP contribution in [0.4, 0.5) is 0 Å². The molecule has 2 heteroatoms. The minimum atomic E-state index is 0.187. The fraction of sp³-hybridized carbons (Fsp3) is 0.684. The Morgan fingerprint density at radius 1 is 1.05 bits per heavy atom. The van der Waals surface area contributed by atoms with Gasteiger partial charge in [-0.1, -0.05) is 63.4 Å². The maximum absolute atomic E-state index is 6.29. The molecule has 2 rings (SSSR count). The van der Waals surface area contributed by atoms with Crippen LogP contribution in [0.15, 0.2) is 30.3 Å². The first-order valence-corrected chi connectivity index (χ1v) is 8.63. The number of hydrogen-bond acceptors (Lipinski definition) is 2. The Balaban J connectivity index is 1.85. The number of hydrogen-bond donors (Lipinski definition) is 1. The summed E-state index contributed by atoms with van der Waals surface area (Å²) in [6, 6.07) is 10.7. The van der Waals surface area contributed by atoms with E-state index in [0.717, 1.165) is 25.6 Å². The molecule has 1 N–H and O–H groups in total. The lowest BCUT2D eigenvalue weighted by Gasteiger charge is -2.25. The van der Waals surface area contributed by atoms with Gasteiger partial charge in [-0.05, 0) is 36.8 Å². The molecule has 1 aliphatic carbocycles. The van der Waals surface area contributed by atoms with E-state index in [1.54, 1.807) is 0 Å². The van der Waals surface area contributed by atoms with Gasteiger partial charge in [-0.15, -0.1) is 0 Å².